The van der Waals surface area contributed by atoms with E-state index in [0.29, 0.717) is 0 Å². The predicted octanol–water partition coefficient (Wildman–Crippen LogP) is 3.84. The average Bonchev–Trinajstić information content (AvgIpc) is 2.76. The van der Waals surface area contributed by atoms with Crippen molar-refractivity contribution in [2.45, 2.75) is 13.2 Å². The van der Waals surface area contributed by atoms with Gasteiger partial charge in [-0.05, 0) is 17.2 Å². The fourth-order valence-corrected chi connectivity index (χ4v) is 2.58. The highest BCUT2D eigenvalue weighted by atomic mass is 35.5. The Kier molecular flexibility index (Phi) is 3.28. The Morgan fingerprint density at radius 3 is 2.53 bits per heavy atom. The third-order valence-electron chi connectivity index (χ3n) is 3.28. The first-order valence-electron chi connectivity index (χ1n) is 6.20. The molecule has 1 N–H and O–H groups in total. The molecule has 0 aliphatic carbocycles. The quantitative estimate of drug-likeness (QED) is 0.769. The highest BCUT2D eigenvalue weighted by molar-refractivity contribution is 6.35. The van der Waals surface area contributed by atoms with E-state index in [0.717, 1.165) is 28.0 Å². The van der Waals surface area contributed by atoms with Crippen molar-refractivity contribution in [3.8, 4) is 0 Å². The maximum absolute atomic E-state index is 9.24. The van der Waals surface area contributed by atoms with E-state index in [2.05, 4.69) is 16.7 Å². The lowest BCUT2D eigenvalue weighted by Gasteiger charge is -2.06. The summed E-state index contributed by atoms with van der Waals surface area (Å²) in [7, 11) is 0. The molecule has 0 radical (unpaired) electrons. The molecular formula is C16H14ClNO. The minimum Gasteiger partial charge on any atom is -0.392 e. The van der Waals surface area contributed by atoms with Crippen LogP contribution in [0.25, 0.3) is 10.9 Å². The lowest BCUT2D eigenvalue weighted by Crippen LogP contribution is -1.97. The summed E-state index contributed by atoms with van der Waals surface area (Å²) in [5.74, 6) is 0. The van der Waals surface area contributed by atoms with Gasteiger partial charge in [0.05, 0.1) is 17.1 Å². The van der Waals surface area contributed by atoms with Gasteiger partial charge in [-0.3, -0.25) is 0 Å². The summed E-state index contributed by atoms with van der Waals surface area (Å²) in [5, 5.41) is 11.0. The number of halogens is 1. The van der Waals surface area contributed by atoms with Gasteiger partial charge >= 0.3 is 0 Å². The van der Waals surface area contributed by atoms with E-state index < -0.39 is 0 Å². The molecule has 3 aromatic rings. The van der Waals surface area contributed by atoms with Crippen LogP contribution < -0.4 is 0 Å². The van der Waals surface area contributed by atoms with E-state index >= 15 is 0 Å². The van der Waals surface area contributed by atoms with Crippen molar-refractivity contribution in [1.29, 1.82) is 0 Å². The van der Waals surface area contributed by atoms with E-state index in [1.54, 1.807) is 0 Å². The highest BCUT2D eigenvalue weighted by Crippen LogP contribution is 2.27. The number of nitrogens with zero attached hydrogens (tertiary/aromatic N) is 1. The maximum Gasteiger partial charge on any atom is 0.0682 e. The number of hydrogen-bond donors (Lipinski definition) is 1. The zero-order chi connectivity index (χ0) is 13.2. The van der Waals surface area contributed by atoms with E-state index in [-0.39, 0.29) is 6.61 Å². The average molecular weight is 272 g/mol. The van der Waals surface area contributed by atoms with Gasteiger partial charge in [0, 0.05) is 18.1 Å². The van der Waals surface area contributed by atoms with Crippen LogP contribution in [0.4, 0.5) is 0 Å². The topological polar surface area (TPSA) is 25.2 Å². The standard InChI is InChI=1S/C16H14ClNO/c17-15-10-18(9-12-4-2-1-3-5-12)16-8-13(11-19)6-7-14(15)16/h1-8,10,19H,9,11H2. The van der Waals surface area contributed by atoms with Gasteiger partial charge in [-0.1, -0.05) is 54.1 Å². The SMILES string of the molecule is OCc1ccc2c(Cl)cn(Cc3ccccc3)c2c1. The largest absolute Gasteiger partial charge is 0.392 e. The Morgan fingerprint density at radius 2 is 1.79 bits per heavy atom. The second-order valence-electron chi connectivity index (χ2n) is 4.60. The van der Waals surface area contributed by atoms with E-state index in [4.69, 9.17) is 11.6 Å². The van der Waals surface area contributed by atoms with E-state index in [1.165, 1.54) is 5.56 Å². The van der Waals surface area contributed by atoms with Crippen LogP contribution in [0, 0.1) is 0 Å². The molecule has 0 aliphatic heterocycles. The van der Waals surface area contributed by atoms with Crippen LogP contribution in [0.1, 0.15) is 11.1 Å². The minimum absolute atomic E-state index is 0.0457. The minimum atomic E-state index is 0.0457. The molecule has 1 heterocycles. The molecule has 2 aromatic carbocycles. The van der Waals surface area contributed by atoms with Crippen LogP contribution in [-0.4, -0.2) is 9.67 Å². The van der Waals surface area contributed by atoms with Gasteiger partial charge in [-0.25, -0.2) is 0 Å². The van der Waals surface area contributed by atoms with Gasteiger partial charge in [0.1, 0.15) is 0 Å². The third-order valence-corrected chi connectivity index (χ3v) is 3.58. The van der Waals surface area contributed by atoms with Gasteiger partial charge in [0.25, 0.3) is 0 Å². The highest BCUT2D eigenvalue weighted by Gasteiger charge is 2.08. The van der Waals surface area contributed by atoms with Crippen molar-refractivity contribution in [3.63, 3.8) is 0 Å². The first-order valence-corrected chi connectivity index (χ1v) is 6.58. The first kappa shape index (κ1) is 12.3. The molecule has 0 fully saturated rings. The molecule has 0 saturated carbocycles. The van der Waals surface area contributed by atoms with Gasteiger partial charge in [0.2, 0.25) is 0 Å². The number of aliphatic hydroxyl groups is 1. The summed E-state index contributed by atoms with van der Waals surface area (Å²) < 4.78 is 2.12. The predicted molar refractivity (Wildman–Crippen MR) is 78.4 cm³/mol. The number of rotatable bonds is 3. The molecule has 0 unspecified atom stereocenters. The van der Waals surface area contributed by atoms with Crippen LogP contribution in [0.2, 0.25) is 5.02 Å². The summed E-state index contributed by atoms with van der Waals surface area (Å²) in [6.07, 6.45) is 1.94. The van der Waals surface area contributed by atoms with E-state index in [9.17, 15) is 5.11 Å². The Bertz CT molecular complexity index is 703. The van der Waals surface area contributed by atoms with Gasteiger partial charge in [0.15, 0.2) is 0 Å². The summed E-state index contributed by atoms with van der Waals surface area (Å²) in [5.41, 5.74) is 3.18. The second kappa shape index (κ2) is 5.08. The summed E-state index contributed by atoms with van der Waals surface area (Å²) >= 11 is 6.26. The van der Waals surface area contributed by atoms with Crippen molar-refractivity contribution < 1.29 is 5.11 Å². The van der Waals surface area contributed by atoms with Crippen LogP contribution in [0.3, 0.4) is 0 Å². The first-order chi connectivity index (χ1) is 9.28. The molecule has 0 saturated heterocycles. The van der Waals surface area contributed by atoms with Crippen molar-refractivity contribution in [2.24, 2.45) is 0 Å². The Balaban J connectivity index is 2.08. The molecule has 3 heteroatoms. The van der Waals surface area contributed by atoms with Crippen LogP contribution in [-0.2, 0) is 13.2 Å². The van der Waals surface area contributed by atoms with Crippen molar-refractivity contribution in [2.75, 3.05) is 0 Å². The lowest BCUT2D eigenvalue weighted by atomic mass is 10.1. The van der Waals surface area contributed by atoms with Gasteiger partial charge in [-0.15, -0.1) is 0 Å². The summed E-state index contributed by atoms with van der Waals surface area (Å²) in [6.45, 7) is 0.822. The molecular weight excluding hydrogens is 258 g/mol. The van der Waals surface area contributed by atoms with Crippen molar-refractivity contribution >= 4 is 22.5 Å². The van der Waals surface area contributed by atoms with Crippen LogP contribution >= 0.6 is 11.6 Å². The number of hydrogen-bond acceptors (Lipinski definition) is 1. The third kappa shape index (κ3) is 2.37. The Labute approximate surface area is 116 Å². The normalized spacial score (nSPS) is 11.1. The number of fused-ring (bicyclic) bond motifs is 1. The number of aromatic nitrogens is 1. The summed E-state index contributed by atoms with van der Waals surface area (Å²) in [4.78, 5) is 0. The smallest absolute Gasteiger partial charge is 0.0682 e. The van der Waals surface area contributed by atoms with E-state index in [1.807, 2.05) is 42.6 Å². The molecule has 1 aromatic heterocycles. The fraction of sp³-hybridized carbons (Fsp3) is 0.125. The maximum atomic E-state index is 9.24. The summed E-state index contributed by atoms with van der Waals surface area (Å²) in [6, 6.07) is 16.1. The number of aliphatic hydroxyl groups excluding tert-OH is 1. The van der Waals surface area contributed by atoms with Gasteiger partial charge < -0.3 is 9.67 Å². The zero-order valence-electron chi connectivity index (χ0n) is 10.4. The lowest BCUT2D eigenvalue weighted by molar-refractivity contribution is 0.282. The fourth-order valence-electron chi connectivity index (χ4n) is 2.30. The van der Waals surface area contributed by atoms with Crippen LogP contribution in [0.15, 0.2) is 54.7 Å². The number of benzene rings is 2. The van der Waals surface area contributed by atoms with Gasteiger partial charge in [-0.2, -0.15) is 0 Å². The van der Waals surface area contributed by atoms with Crippen molar-refractivity contribution in [3.05, 3.63) is 70.9 Å². The molecule has 0 bridgehead atoms. The monoisotopic (exact) mass is 271 g/mol. The molecule has 19 heavy (non-hydrogen) atoms. The zero-order valence-corrected chi connectivity index (χ0v) is 11.1. The molecule has 0 amide bonds. The van der Waals surface area contributed by atoms with Crippen molar-refractivity contribution in [1.82, 2.24) is 4.57 Å². The molecule has 0 spiro atoms. The second-order valence-corrected chi connectivity index (χ2v) is 5.01. The molecule has 96 valence electrons. The molecule has 3 rings (SSSR count). The Hall–Kier alpha value is -1.77. The van der Waals surface area contributed by atoms with Crippen LogP contribution in [0.5, 0.6) is 0 Å². The molecule has 0 aliphatic rings. The Morgan fingerprint density at radius 1 is 1.00 bits per heavy atom. The molecule has 2 nitrogen and oxygen atoms in total. The molecule has 0 atom stereocenters.